The van der Waals surface area contributed by atoms with E-state index in [1.807, 2.05) is 0 Å². The lowest BCUT2D eigenvalue weighted by Crippen LogP contribution is -2.29. The second-order valence-corrected chi connectivity index (χ2v) is 4.96. The summed E-state index contributed by atoms with van der Waals surface area (Å²) in [4.78, 5) is 0. The van der Waals surface area contributed by atoms with Crippen LogP contribution in [0.2, 0.25) is 0 Å². The fourth-order valence-electron chi connectivity index (χ4n) is 2.84. The molecule has 16 heavy (non-hydrogen) atoms. The summed E-state index contributed by atoms with van der Waals surface area (Å²) in [6.07, 6.45) is 1.89. The molecule has 0 bridgehead atoms. The third kappa shape index (κ3) is 2.13. The van der Waals surface area contributed by atoms with Gasteiger partial charge < -0.3 is 10.4 Å². The Morgan fingerprint density at radius 1 is 1.25 bits per heavy atom. The molecule has 1 fully saturated rings. The van der Waals surface area contributed by atoms with Crippen molar-refractivity contribution in [1.82, 2.24) is 5.32 Å². The highest BCUT2D eigenvalue weighted by Crippen LogP contribution is 2.28. The highest BCUT2D eigenvalue weighted by molar-refractivity contribution is 5.39. The fraction of sp³-hybridized carbons (Fsp3) is 0.571. The Kier molecular flexibility index (Phi) is 3.31. The van der Waals surface area contributed by atoms with Crippen molar-refractivity contribution in [3.63, 3.8) is 0 Å². The Balaban J connectivity index is 2.31. The summed E-state index contributed by atoms with van der Waals surface area (Å²) in [6, 6.07) is 4.54. The first-order chi connectivity index (χ1) is 7.59. The van der Waals surface area contributed by atoms with Crippen LogP contribution in [-0.2, 0) is 0 Å². The van der Waals surface area contributed by atoms with Gasteiger partial charge in [0.2, 0.25) is 0 Å². The van der Waals surface area contributed by atoms with Gasteiger partial charge in [0.25, 0.3) is 0 Å². The van der Waals surface area contributed by atoms with Crippen molar-refractivity contribution in [1.29, 1.82) is 0 Å². The van der Waals surface area contributed by atoms with Crippen LogP contribution in [0.15, 0.2) is 12.1 Å². The first-order valence-corrected chi connectivity index (χ1v) is 6.09. The zero-order valence-corrected chi connectivity index (χ0v) is 10.4. The molecule has 1 aromatic carbocycles. The highest BCUT2D eigenvalue weighted by atomic mass is 16.3. The average molecular weight is 219 g/mol. The van der Waals surface area contributed by atoms with Crippen molar-refractivity contribution >= 4 is 0 Å². The number of aliphatic hydroxyl groups is 1. The molecule has 0 amide bonds. The van der Waals surface area contributed by atoms with Gasteiger partial charge in [-0.05, 0) is 56.8 Å². The van der Waals surface area contributed by atoms with Crippen molar-refractivity contribution in [2.24, 2.45) is 0 Å². The summed E-state index contributed by atoms with van der Waals surface area (Å²) < 4.78 is 0. The standard InChI is InChI=1S/C14H21NO/c1-9-7-10(2)13(11(3)8-9)14(16)12-5-4-6-15-12/h7-8,12,14-16H,4-6H2,1-3H3. The van der Waals surface area contributed by atoms with Gasteiger partial charge in [-0.25, -0.2) is 0 Å². The molecule has 88 valence electrons. The van der Waals surface area contributed by atoms with Crippen LogP contribution in [0.1, 0.15) is 41.2 Å². The summed E-state index contributed by atoms with van der Waals surface area (Å²) in [5.74, 6) is 0. The van der Waals surface area contributed by atoms with Gasteiger partial charge in [0.1, 0.15) is 0 Å². The molecule has 0 aliphatic carbocycles. The number of hydrogen-bond donors (Lipinski definition) is 2. The van der Waals surface area contributed by atoms with E-state index in [-0.39, 0.29) is 12.1 Å². The van der Waals surface area contributed by atoms with Crippen LogP contribution in [0.5, 0.6) is 0 Å². The first kappa shape index (κ1) is 11.6. The lowest BCUT2D eigenvalue weighted by molar-refractivity contribution is 0.136. The summed E-state index contributed by atoms with van der Waals surface area (Å²) in [5, 5.41) is 13.8. The van der Waals surface area contributed by atoms with E-state index < -0.39 is 0 Å². The van der Waals surface area contributed by atoms with E-state index >= 15 is 0 Å². The van der Waals surface area contributed by atoms with Crippen LogP contribution < -0.4 is 5.32 Å². The van der Waals surface area contributed by atoms with Crippen molar-refractivity contribution < 1.29 is 5.11 Å². The molecule has 1 aliphatic heterocycles. The molecular formula is C14H21NO. The largest absolute Gasteiger partial charge is 0.387 e. The lowest BCUT2D eigenvalue weighted by Gasteiger charge is -2.23. The van der Waals surface area contributed by atoms with Crippen molar-refractivity contribution in [2.75, 3.05) is 6.54 Å². The third-order valence-electron chi connectivity index (χ3n) is 3.51. The number of aliphatic hydroxyl groups excluding tert-OH is 1. The van der Waals surface area contributed by atoms with Crippen LogP contribution in [0.3, 0.4) is 0 Å². The van der Waals surface area contributed by atoms with Crippen molar-refractivity contribution in [3.8, 4) is 0 Å². The van der Waals surface area contributed by atoms with Gasteiger partial charge in [-0.2, -0.15) is 0 Å². The van der Waals surface area contributed by atoms with E-state index in [1.165, 1.54) is 23.1 Å². The molecule has 1 aliphatic rings. The van der Waals surface area contributed by atoms with Gasteiger partial charge in [-0.3, -0.25) is 0 Å². The molecule has 2 unspecified atom stereocenters. The van der Waals surface area contributed by atoms with Gasteiger partial charge in [-0.1, -0.05) is 17.7 Å². The van der Waals surface area contributed by atoms with Gasteiger partial charge in [0.05, 0.1) is 6.10 Å². The SMILES string of the molecule is Cc1cc(C)c(C(O)C2CCCN2)c(C)c1. The maximum atomic E-state index is 10.4. The number of hydrogen-bond acceptors (Lipinski definition) is 2. The van der Waals surface area contributed by atoms with E-state index in [2.05, 4.69) is 38.2 Å². The summed E-state index contributed by atoms with van der Waals surface area (Å²) >= 11 is 0. The lowest BCUT2D eigenvalue weighted by atomic mass is 9.91. The summed E-state index contributed by atoms with van der Waals surface area (Å²) in [6.45, 7) is 7.32. The van der Waals surface area contributed by atoms with E-state index in [0.29, 0.717) is 0 Å². The van der Waals surface area contributed by atoms with Gasteiger partial charge >= 0.3 is 0 Å². The normalized spacial score (nSPS) is 22.4. The van der Waals surface area contributed by atoms with Crippen molar-refractivity contribution in [3.05, 3.63) is 34.4 Å². The third-order valence-corrected chi connectivity index (χ3v) is 3.51. The Morgan fingerprint density at radius 2 is 1.88 bits per heavy atom. The van der Waals surface area contributed by atoms with Gasteiger partial charge in [0, 0.05) is 6.04 Å². The molecule has 0 spiro atoms. The Morgan fingerprint density at radius 3 is 2.38 bits per heavy atom. The van der Waals surface area contributed by atoms with Crippen molar-refractivity contribution in [2.45, 2.75) is 45.8 Å². The van der Waals surface area contributed by atoms with Crippen LogP contribution in [0.4, 0.5) is 0 Å². The second kappa shape index (κ2) is 4.56. The molecule has 1 saturated heterocycles. The van der Waals surface area contributed by atoms with Crippen LogP contribution >= 0.6 is 0 Å². The first-order valence-electron chi connectivity index (χ1n) is 6.09. The average Bonchev–Trinajstić information content (AvgIpc) is 2.67. The Labute approximate surface area is 97.7 Å². The minimum absolute atomic E-state index is 0.236. The predicted octanol–water partition coefficient (Wildman–Crippen LogP) is 2.40. The van der Waals surface area contributed by atoms with Gasteiger partial charge in [0.15, 0.2) is 0 Å². The molecule has 0 saturated carbocycles. The smallest absolute Gasteiger partial charge is 0.0948 e. The van der Waals surface area contributed by atoms with Crippen LogP contribution in [-0.4, -0.2) is 17.7 Å². The zero-order chi connectivity index (χ0) is 11.7. The fourth-order valence-corrected chi connectivity index (χ4v) is 2.84. The summed E-state index contributed by atoms with van der Waals surface area (Å²) in [7, 11) is 0. The van der Waals surface area contributed by atoms with E-state index in [0.717, 1.165) is 18.5 Å². The van der Waals surface area contributed by atoms with Crippen LogP contribution in [0.25, 0.3) is 0 Å². The molecular weight excluding hydrogens is 198 g/mol. The maximum Gasteiger partial charge on any atom is 0.0948 e. The molecule has 0 aromatic heterocycles. The second-order valence-electron chi connectivity index (χ2n) is 4.96. The predicted molar refractivity (Wildman–Crippen MR) is 66.6 cm³/mol. The molecule has 2 heteroatoms. The molecule has 1 heterocycles. The molecule has 2 atom stereocenters. The van der Waals surface area contributed by atoms with Crippen LogP contribution in [0, 0.1) is 20.8 Å². The Hall–Kier alpha value is -0.860. The maximum absolute atomic E-state index is 10.4. The number of rotatable bonds is 2. The number of nitrogens with one attached hydrogen (secondary N) is 1. The minimum atomic E-state index is -0.358. The molecule has 2 N–H and O–H groups in total. The molecule has 0 radical (unpaired) electrons. The van der Waals surface area contributed by atoms with Gasteiger partial charge in [-0.15, -0.1) is 0 Å². The molecule has 2 rings (SSSR count). The van der Waals surface area contributed by atoms with E-state index in [1.54, 1.807) is 0 Å². The quantitative estimate of drug-likeness (QED) is 0.800. The zero-order valence-electron chi connectivity index (χ0n) is 10.4. The highest BCUT2D eigenvalue weighted by Gasteiger charge is 2.26. The van der Waals surface area contributed by atoms with E-state index in [9.17, 15) is 5.11 Å². The Bertz CT molecular complexity index is 357. The summed E-state index contributed by atoms with van der Waals surface area (Å²) in [5.41, 5.74) is 4.80. The molecule has 2 nitrogen and oxygen atoms in total. The number of benzene rings is 1. The van der Waals surface area contributed by atoms with E-state index in [4.69, 9.17) is 0 Å². The number of aryl methyl sites for hydroxylation is 3. The molecule has 1 aromatic rings. The topological polar surface area (TPSA) is 32.3 Å². The monoisotopic (exact) mass is 219 g/mol. The minimum Gasteiger partial charge on any atom is -0.387 e.